The van der Waals surface area contributed by atoms with Crippen molar-refractivity contribution in [1.29, 1.82) is 0 Å². The van der Waals surface area contributed by atoms with Gasteiger partial charge in [-0.15, -0.1) is 0 Å². The Morgan fingerprint density at radius 3 is 1.55 bits per heavy atom. The normalized spacial score (nSPS) is 17.4. The van der Waals surface area contributed by atoms with Gasteiger partial charge in [0.25, 0.3) is 0 Å². The summed E-state index contributed by atoms with van der Waals surface area (Å²) in [6.07, 6.45) is 10.9. The van der Waals surface area contributed by atoms with Crippen LogP contribution in [0.4, 0.5) is 35.1 Å². The highest BCUT2D eigenvalue weighted by atomic mass is 19.2. The monoisotopic (exact) mass is 578 g/mol. The summed E-state index contributed by atoms with van der Waals surface area (Å²) in [7, 11) is 0. The molecule has 0 radical (unpaired) electrons. The highest BCUT2D eigenvalue weighted by molar-refractivity contribution is 5.76. The minimum absolute atomic E-state index is 0.366. The van der Waals surface area contributed by atoms with Crippen molar-refractivity contribution in [2.45, 2.75) is 97.3 Å². The number of rotatable bonds is 12. The maximum Gasteiger partial charge on any atom is 0.314 e. The van der Waals surface area contributed by atoms with Gasteiger partial charge in [-0.05, 0) is 38.0 Å². The number of benzene rings is 2. The molecule has 0 unspecified atom stereocenters. The molecule has 1 fully saturated rings. The predicted molar refractivity (Wildman–Crippen MR) is 135 cm³/mol. The SMILES string of the molecule is CCCCCCCCCC1CCC(C(=O)Oc2c(F)c(F)c(-c3c(F)c(F)c(CC)c(F)c3F)c(F)c2F)CC1. The molecule has 2 aromatic carbocycles. The Labute approximate surface area is 229 Å². The van der Waals surface area contributed by atoms with Crippen molar-refractivity contribution in [2.24, 2.45) is 11.8 Å². The van der Waals surface area contributed by atoms with E-state index in [0.29, 0.717) is 31.6 Å². The minimum atomic E-state index is -2.36. The zero-order valence-electron chi connectivity index (χ0n) is 22.7. The first-order valence-corrected chi connectivity index (χ1v) is 14.0. The molecule has 0 bridgehead atoms. The summed E-state index contributed by atoms with van der Waals surface area (Å²) >= 11 is 0. The summed E-state index contributed by atoms with van der Waals surface area (Å²) in [5, 5.41) is 0. The number of halogens is 8. The molecule has 0 aliphatic heterocycles. The van der Waals surface area contributed by atoms with Crippen LogP contribution in [0.2, 0.25) is 0 Å². The van der Waals surface area contributed by atoms with Crippen molar-refractivity contribution in [3.63, 3.8) is 0 Å². The van der Waals surface area contributed by atoms with Crippen LogP contribution in [0.1, 0.15) is 96.5 Å². The highest BCUT2D eigenvalue weighted by Crippen LogP contribution is 2.41. The first-order valence-electron chi connectivity index (χ1n) is 14.0. The molecule has 0 saturated heterocycles. The van der Waals surface area contributed by atoms with Crippen molar-refractivity contribution >= 4 is 5.97 Å². The number of esters is 1. The Bertz CT molecular complexity index is 1150. The van der Waals surface area contributed by atoms with Gasteiger partial charge in [0, 0.05) is 5.56 Å². The van der Waals surface area contributed by atoms with Gasteiger partial charge >= 0.3 is 5.97 Å². The lowest BCUT2D eigenvalue weighted by Gasteiger charge is -2.27. The molecule has 10 heteroatoms. The highest BCUT2D eigenvalue weighted by Gasteiger charge is 2.36. The molecule has 0 spiro atoms. The van der Waals surface area contributed by atoms with Crippen LogP contribution in [0, 0.1) is 58.4 Å². The van der Waals surface area contributed by atoms with Crippen LogP contribution < -0.4 is 4.74 Å². The molecule has 1 aliphatic carbocycles. The molecule has 0 aromatic heterocycles. The molecule has 222 valence electrons. The third-order valence-electron chi connectivity index (χ3n) is 7.78. The van der Waals surface area contributed by atoms with Crippen LogP contribution in [0.5, 0.6) is 5.75 Å². The molecular formula is C30H34F8O2. The summed E-state index contributed by atoms with van der Waals surface area (Å²) in [5.41, 5.74) is -4.98. The molecule has 3 rings (SSSR count). The van der Waals surface area contributed by atoms with Gasteiger partial charge in [0.05, 0.1) is 17.0 Å². The van der Waals surface area contributed by atoms with Crippen molar-refractivity contribution < 1.29 is 44.7 Å². The van der Waals surface area contributed by atoms with E-state index in [0.717, 1.165) is 19.3 Å². The van der Waals surface area contributed by atoms with Crippen LogP contribution in [-0.4, -0.2) is 5.97 Å². The Balaban J connectivity index is 1.70. The molecule has 0 heterocycles. The number of carbonyl (C=O) groups excluding carboxylic acids is 1. The van der Waals surface area contributed by atoms with E-state index in [-0.39, 0.29) is 0 Å². The molecule has 0 N–H and O–H groups in total. The minimum Gasteiger partial charge on any atom is -0.420 e. The van der Waals surface area contributed by atoms with E-state index in [1.807, 2.05) is 0 Å². The third-order valence-corrected chi connectivity index (χ3v) is 7.78. The van der Waals surface area contributed by atoms with Gasteiger partial charge in [-0.3, -0.25) is 4.79 Å². The standard InChI is InChI=1S/C30H34F8O2/c1-3-5-6-7-8-9-10-11-16-12-14-17(15-13-16)30(39)40-29-27(37)25(35)20(26(36)28(29)38)19-23(33)21(31)18(4-2)22(32)24(19)34/h16-17H,3-15H2,1-2H3. The van der Waals surface area contributed by atoms with E-state index in [1.54, 1.807) is 0 Å². The molecule has 0 amide bonds. The molecule has 0 atom stereocenters. The lowest BCUT2D eigenvalue weighted by molar-refractivity contribution is -0.140. The summed E-state index contributed by atoms with van der Waals surface area (Å²) < 4.78 is 121. The van der Waals surface area contributed by atoms with Crippen LogP contribution in [-0.2, 0) is 11.2 Å². The van der Waals surface area contributed by atoms with Gasteiger partial charge < -0.3 is 4.74 Å². The van der Waals surface area contributed by atoms with Gasteiger partial charge in [0.1, 0.15) is 0 Å². The number of carbonyl (C=O) groups is 1. The smallest absolute Gasteiger partial charge is 0.314 e. The quantitative estimate of drug-likeness (QED) is 0.0824. The van der Waals surface area contributed by atoms with E-state index in [9.17, 15) is 39.9 Å². The van der Waals surface area contributed by atoms with Gasteiger partial charge in [-0.1, -0.05) is 65.2 Å². The predicted octanol–water partition coefficient (Wildman–Crippen LogP) is 9.88. The number of hydrogen-bond acceptors (Lipinski definition) is 2. The Morgan fingerprint density at radius 1 is 0.625 bits per heavy atom. The molecule has 2 aromatic rings. The van der Waals surface area contributed by atoms with Crippen LogP contribution in [0.3, 0.4) is 0 Å². The molecule has 2 nitrogen and oxygen atoms in total. The number of unbranched alkanes of at least 4 members (excludes halogenated alkanes) is 6. The summed E-state index contributed by atoms with van der Waals surface area (Å²) in [4.78, 5) is 12.6. The largest absolute Gasteiger partial charge is 0.420 e. The van der Waals surface area contributed by atoms with Crippen LogP contribution in [0.25, 0.3) is 11.1 Å². The van der Waals surface area contributed by atoms with Gasteiger partial charge in [-0.2, -0.15) is 8.78 Å². The average molecular weight is 579 g/mol. The van der Waals surface area contributed by atoms with Gasteiger partial charge in [0.2, 0.25) is 17.4 Å². The van der Waals surface area contributed by atoms with Crippen LogP contribution >= 0.6 is 0 Å². The van der Waals surface area contributed by atoms with E-state index in [2.05, 4.69) is 11.7 Å². The maximum atomic E-state index is 14.8. The second-order valence-electron chi connectivity index (χ2n) is 10.5. The van der Waals surface area contributed by atoms with E-state index in [1.165, 1.54) is 39.0 Å². The fourth-order valence-electron chi connectivity index (χ4n) is 5.39. The zero-order chi connectivity index (χ0) is 29.6. The van der Waals surface area contributed by atoms with Crippen molar-refractivity contribution in [1.82, 2.24) is 0 Å². The zero-order valence-corrected chi connectivity index (χ0v) is 22.7. The molecule has 1 aliphatic rings. The summed E-state index contributed by atoms with van der Waals surface area (Å²) in [6.45, 7) is 3.34. The average Bonchev–Trinajstić information content (AvgIpc) is 2.95. The van der Waals surface area contributed by atoms with E-state index < -0.39 is 87.3 Å². The van der Waals surface area contributed by atoms with Gasteiger partial charge in [0.15, 0.2) is 34.9 Å². The fourth-order valence-corrected chi connectivity index (χ4v) is 5.39. The van der Waals surface area contributed by atoms with Crippen molar-refractivity contribution in [3.8, 4) is 16.9 Å². The second kappa shape index (κ2) is 14.3. The Hall–Kier alpha value is -2.65. The van der Waals surface area contributed by atoms with Crippen LogP contribution in [0.15, 0.2) is 0 Å². The summed E-state index contributed by atoms with van der Waals surface area (Å²) in [5.74, 6) is -20.7. The number of ether oxygens (including phenoxy) is 1. The van der Waals surface area contributed by atoms with E-state index in [4.69, 9.17) is 0 Å². The summed E-state index contributed by atoms with van der Waals surface area (Å²) in [6, 6.07) is 0. The number of hydrogen-bond donors (Lipinski definition) is 0. The van der Waals surface area contributed by atoms with Crippen molar-refractivity contribution in [2.75, 3.05) is 0 Å². The Morgan fingerprint density at radius 2 is 1.07 bits per heavy atom. The lowest BCUT2D eigenvalue weighted by atomic mass is 9.79. The molecule has 1 saturated carbocycles. The third kappa shape index (κ3) is 6.79. The Kier molecular flexibility index (Phi) is 11.4. The second-order valence-corrected chi connectivity index (χ2v) is 10.5. The first-order chi connectivity index (χ1) is 19.0. The topological polar surface area (TPSA) is 26.3 Å². The lowest BCUT2D eigenvalue weighted by Crippen LogP contribution is -2.26. The van der Waals surface area contributed by atoms with E-state index >= 15 is 0 Å². The molecule has 40 heavy (non-hydrogen) atoms. The fraction of sp³-hybridized carbons (Fsp3) is 0.567. The van der Waals surface area contributed by atoms with Gasteiger partial charge in [-0.25, -0.2) is 26.3 Å². The first kappa shape index (κ1) is 31.9. The maximum absolute atomic E-state index is 14.8. The van der Waals surface area contributed by atoms with Crippen molar-refractivity contribution in [3.05, 3.63) is 52.1 Å². The molecular weight excluding hydrogens is 544 g/mol.